The Hall–Kier alpha value is -1.13. The molecule has 5 heteroatoms. The van der Waals surface area contributed by atoms with Crippen LogP contribution in [0.25, 0.3) is 0 Å². The average molecular weight is 255 g/mol. The molecule has 0 spiro atoms. The predicted octanol–water partition coefficient (Wildman–Crippen LogP) is 2.15. The number of halogens is 1. The number of carboxylic acids is 1. The van der Waals surface area contributed by atoms with Gasteiger partial charge in [-0.15, -0.1) is 0 Å². The third-order valence-corrected chi connectivity index (χ3v) is 3.56. The molecule has 0 amide bonds. The zero-order valence-corrected chi connectivity index (χ0v) is 10.4. The summed E-state index contributed by atoms with van der Waals surface area (Å²) >= 11 is 5.79. The molecule has 1 saturated heterocycles. The molecule has 1 aromatic rings. The van der Waals surface area contributed by atoms with Crippen molar-refractivity contribution >= 4 is 17.6 Å². The molecule has 17 heavy (non-hydrogen) atoms. The Balaban J connectivity index is 2.33. The van der Waals surface area contributed by atoms with E-state index in [1.54, 1.807) is 0 Å². The van der Waals surface area contributed by atoms with Crippen LogP contribution in [0.3, 0.4) is 0 Å². The topological polar surface area (TPSA) is 62.2 Å². The molecule has 1 fully saturated rings. The summed E-state index contributed by atoms with van der Waals surface area (Å²) in [5.74, 6) is -0.386. The molecule has 2 N–H and O–H groups in total. The molecular formula is C12H15ClN2O2. The van der Waals surface area contributed by atoms with Crippen LogP contribution < -0.4 is 5.32 Å². The summed E-state index contributed by atoms with van der Waals surface area (Å²) in [4.78, 5) is 15.4. The number of hydrogen-bond donors (Lipinski definition) is 2. The Bertz CT molecular complexity index is 431. The van der Waals surface area contributed by atoms with Gasteiger partial charge in [0.15, 0.2) is 0 Å². The van der Waals surface area contributed by atoms with E-state index in [0.717, 1.165) is 19.5 Å². The standard InChI is InChI=1S/C12H15ClN2O2/c1-7(8-2-3-14-5-8)11-10(12(16)17)4-9(13)6-15-11/h4,6-8,14H,2-3,5H2,1H3,(H,16,17). The fraction of sp³-hybridized carbons (Fsp3) is 0.500. The van der Waals surface area contributed by atoms with E-state index in [9.17, 15) is 4.79 Å². The average Bonchev–Trinajstić information content (AvgIpc) is 2.81. The van der Waals surface area contributed by atoms with Crippen LogP contribution in [-0.2, 0) is 0 Å². The van der Waals surface area contributed by atoms with Crippen LogP contribution in [0.1, 0.15) is 35.3 Å². The summed E-state index contributed by atoms with van der Waals surface area (Å²) in [6.07, 6.45) is 2.58. The third kappa shape index (κ3) is 2.58. The molecule has 2 heterocycles. The van der Waals surface area contributed by atoms with Crippen LogP contribution in [0.4, 0.5) is 0 Å². The van der Waals surface area contributed by atoms with Crippen LogP contribution in [0.5, 0.6) is 0 Å². The van der Waals surface area contributed by atoms with Gasteiger partial charge in [0.2, 0.25) is 0 Å². The molecule has 4 nitrogen and oxygen atoms in total. The molecule has 2 atom stereocenters. The monoisotopic (exact) mass is 254 g/mol. The number of hydrogen-bond acceptors (Lipinski definition) is 3. The van der Waals surface area contributed by atoms with E-state index in [4.69, 9.17) is 16.7 Å². The number of carbonyl (C=O) groups is 1. The maximum absolute atomic E-state index is 11.2. The molecule has 0 aromatic carbocycles. The van der Waals surface area contributed by atoms with Gasteiger partial charge in [0.1, 0.15) is 0 Å². The molecule has 1 aliphatic rings. The largest absolute Gasteiger partial charge is 0.478 e. The first kappa shape index (κ1) is 12.3. The van der Waals surface area contributed by atoms with Crippen molar-refractivity contribution in [1.29, 1.82) is 0 Å². The fourth-order valence-electron chi connectivity index (χ4n) is 2.31. The van der Waals surface area contributed by atoms with Gasteiger partial charge in [-0.1, -0.05) is 18.5 Å². The van der Waals surface area contributed by atoms with Gasteiger partial charge in [0.05, 0.1) is 16.3 Å². The molecule has 2 rings (SSSR count). The van der Waals surface area contributed by atoms with Crippen LogP contribution in [0, 0.1) is 5.92 Å². The summed E-state index contributed by atoms with van der Waals surface area (Å²) < 4.78 is 0. The van der Waals surface area contributed by atoms with E-state index < -0.39 is 5.97 Å². The number of nitrogens with one attached hydrogen (secondary N) is 1. The SMILES string of the molecule is CC(c1ncc(Cl)cc1C(=O)O)C1CCNC1. The highest BCUT2D eigenvalue weighted by atomic mass is 35.5. The lowest BCUT2D eigenvalue weighted by Crippen LogP contribution is -2.18. The molecule has 0 saturated carbocycles. The number of pyridine rings is 1. The van der Waals surface area contributed by atoms with E-state index in [1.807, 2.05) is 6.92 Å². The van der Waals surface area contributed by atoms with Gasteiger partial charge in [-0.25, -0.2) is 4.79 Å². The van der Waals surface area contributed by atoms with Crippen molar-refractivity contribution < 1.29 is 9.90 Å². The van der Waals surface area contributed by atoms with E-state index in [-0.39, 0.29) is 11.5 Å². The third-order valence-electron chi connectivity index (χ3n) is 3.35. The highest BCUT2D eigenvalue weighted by molar-refractivity contribution is 6.30. The van der Waals surface area contributed by atoms with Crippen LogP contribution >= 0.6 is 11.6 Å². The summed E-state index contributed by atoms with van der Waals surface area (Å²) in [5, 5.41) is 12.8. The minimum absolute atomic E-state index is 0.133. The highest BCUT2D eigenvalue weighted by Crippen LogP contribution is 2.30. The summed E-state index contributed by atoms with van der Waals surface area (Å²) in [5.41, 5.74) is 0.854. The second-order valence-electron chi connectivity index (χ2n) is 4.43. The lowest BCUT2D eigenvalue weighted by molar-refractivity contribution is 0.0694. The number of rotatable bonds is 3. The molecule has 1 aromatic heterocycles. The van der Waals surface area contributed by atoms with Gasteiger partial charge >= 0.3 is 5.97 Å². The van der Waals surface area contributed by atoms with E-state index >= 15 is 0 Å². The Morgan fingerprint density at radius 1 is 1.71 bits per heavy atom. The maximum Gasteiger partial charge on any atom is 0.337 e. The number of nitrogens with zero attached hydrogens (tertiary/aromatic N) is 1. The molecule has 1 aliphatic heterocycles. The maximum atomic E-state index is 11.2. The van der Waals surface area contributed by atoms with E-state index in [0.29, 0.717) is 16.6 Å². The summed E-state index contributed by atoms with van der Waals surface area (Å²) in [7, 11) is 0. The van der Waals surface area contributed by atoms with Gasteiger partial charge in [0, 0.05) is 12.1 Å². The minimum atomic E-state index is -0.965. The zero-order chi connectivity index (χ0) is 12.4. The predicted molar refractivity (Wildman–Crippen MR) is 65.6 cm³/mol. The summed E-state index contributed by atoms with van der Waals surface area (Å²) in [6, 6.07) is 1.48. The zero-order valence-electron chi connectivity index (χ0n) is 9.61. The van der Waals surface area contributed by atoms with Gasteiger partial charge in [-0.2, -0.15) is 0 Å². The molecular weight excluding hydrogens is 240 g/mol. The van der Waals surface area contributed by atoms with Crippen molar-refractivity contribution in [1.82, 2.24) is 10.3 Å². The number of aromatic nitrogens is 1. The normalized spacial score (nSPS) is 21.4. The van der Waals surface area contributed by atoms with Crippen molar-refractivity contribution in [3.63, 3.8) is 0 Å². The van der Waals surface area contributed by atoms with Crippen LogP contribution in [-0.4, -0.2) is 29.1 Å². The van der Waals surface area contributed by atoms with E-state index in [2.05, 4.69) is 10.3 Å². The Morgan fingerprint density at radius 2 is 2.47 bits per heavy atom. The lowest BCUT2D eigenvalue weighted by Gasteiger charge is -2.19. The van der Waals surface area contributed by atoms with Gasteiger partial charge in [0.25, 0.3) is 0 Å². The summed E-state index contributed by atoms with van der Waals surface area (Å²) in [6.45, 7) is 3.94. The van der Waals surface area contributed by atoms with Gasteiger partial charge in [-0.05, 0) is 31.5 Å². The highest BCUT2D eigenvalue weighted by Gasteiger charge is 2.27. The Morgan fingerprint density at radius 3 is 3.06 bits per heavy atom. The molecule has 2 unspecified atom stereocenters. The van der Waals surface area contributed by atoms with Crippen molar-refractivity contribution in [2.24, 2.45) is 5.92 Å². The van der Waals surface area contributed by atoms with Crippen molar-refractivity contribution in [2.75, 3.05) is 13.1 Å². The number of carboxylic acid groups (broad SMARTS) is 1. The number of aromatic carboxylic acids is 1. The van der Waals surface area contributed by atoms with Gasteiger partial charge in [-0.3, -0.25) is 4.98 Å². The fourth-order valence-corrected chi connectivity index (χ4v) is 2.47. The smallest absolute Gasteiger partial charge is 0.337 e. The Labute approximate surface area is 105 Å². The first-order chi connectivity index (χ1) is 8.09. The van der Waals surface area contributed by atoms with E-state index in [1.165, 1.54) is 12.3 Å². The molecule has 0 radical (unpaired) electrons. The molecule has 92 valence electrons. The second-order valence-corrected chi connectivity index (χ2v) is 4.87. The van der Waals surface area contributed by atoms with Crippen molar-refractivity contribution in [3.05, 3.63) is 28.5 Å². The molecule has 0 aliphatic carbocycles. The lowest BCUT2D eigenvalue weighted by atomic mass is 9.88. The van der Waals surface area contributed by atoms with Gasteiger partial charge < -0.3 is 10.4 Å². The molecule has 0 bridgehead atoms. The first-order valence-corrected chi connectivity index (χ1v) is 6.07. The Kier molecular flexibility index (Phi) is 3.64. The van der Waals surface area contributed by atoms with Crippen LogP contribution in [0.2, 0.25) is 5.02 Å². The first-order valence-electron chi connectivity index (χ1n) is 5.69. The van der Waals surface area contributed by atoms with Crippen LogP contribution in [0.15, 0.2) is 12.3 Å². The quantitative estimate of drug-likeness (QED) is 0.868. The second kappa shape index (κ2) is 5.02. The van der Waals surface area contributed by atoms with Crippen molar-refractivity contribution in [2.45, 2.75) is 19.3 Å². The van der Waals surface area contributed by atoms with Crippen molar-refractivity contribution in [3.8, 4) is 0 Å². The minimum Gasteiger partial charge on any atom is -0.478 e.